The topological polar surface area (TPSA) is 51.8 Å². The van der Waals surface area contributed by atoms with Crippen LogP contribution in [-0.2, 0) is 0 Å². The summed E-state index contributed by atoms with van der Waals surface area (Å²) in [5.74, 6) is -2.52. The number of hydrogen-bond donors (Lipinski definition) is 0. The van der Waals surface area contributed by atoms with E-state index in [1.54, 1.807) is 0 Å². The van der Waals surface area contributed by atoms with Gasteiger partial charge in [-0.15, -0.1) is 0 Å². The van der Waals surface area contributed by atoms with E-state index in [0.717, 1.165) is 0 Å². The van der Waals surface area contributed by atoms with Gasteiger partial charge in [0.15, 0.2) is 17.5 Å². The monoisotopic (exact) mass is 628 g/mol. The molecule has 0 unspecified atom stereocenters. The Hall–Kier alpha value is -6.39. The van der Waals surface area contributed by atoms with Crippen LogP contribution in [0.4, 0.5) is 0 Å². The summed E-state index contributed by atoms with van der Waals surface area (Å²) in [6.45, 7) is 0. The van der Waals surface area contributed by atoms with Crippen molar-refractivity contribution in [3.05, 3.63) is 163 Å². The Morgan fingerprint density at radius 3 is 1.47 bits per heavy atom. The van der Waals surface area contributed by atoms with Crippen LogP contribution in [0.3, 0.4) is 0 Å². The lowest BCUT2D eigenvalue weighted by molar-refractivity contribution is 0.669. The van der Waals surface area contributed by atoms with E-state index in [4.69, 9.17) is 33.2 Å². The van der Waals surface area contributed by atoms with E-state index in [9.17, 15) is 8.22 Å². The van der Waals surface area contributed by atoms with Crippen molar-refractivity contribution in [3.8, 4) is 56.4 Å². The highest BCUT2D eigenvalue weighted by molar-refractivity contribution is 6.11. The molecule has 7 aromatic carbocycles. The van der Waals surface area contributed by atoms with Crippen LogP contribution in [0, 0.1) is 0 Å². The van der Waals surface area contributed by atoms with Crippen molar-refractivity contribution < 1.29 is 41.4 Å². The van der Waals surface area contributed by atoms with Crippen molar-refractivity contribution in [2.24, 2.45) is 0 Å². The fourth-order valence-corrected chi connectivity index (χ4v) is 4.84. The highest BCUT2D eigenvalue weighted by atomic mass is 16.3. The third-order valence-electron chi connectivity index (χ3n) is 6.88. The molecule has 9 aromatic rings. The summed E-state index contributed by atoms with van der Waals surface area (Å²) in [7, 11) is 0. The fourth-order valence-electron chi connectivity index (χ4n) is 4.84. The summed E-state index contributed by atoms with van der Waals surface area (Å²) in [6.07, 6.45) is 0. The maximum Gasteiger partial charge on any atom is 0.164 e. The number of hydrogen-bond acceptors (Lipinski definition) is 4. The Labute approximate surface area is 309 Å². The van der Waals surface area contributed by atoms with E-state index < -0.39 is 252 Å². The Morgan fingerprint density at radius 1 is 0.340 bits per heavy atom. The lowest BCUT2D eigenvalue weighted by atomic mass is 9.92. The Balaban J connectivity index is 1.43. The largest absolute Gasteiger partial charge is 0.456 e. The number of furan rings is 1. The molecule has 0 aliphatic rings. The van der Waals surface area contributed by atoms with Crippen LogP contribution in [0.25, 0.3) is 89.1 Å². The Morgan fingerprint density at radius 2 is 0.809 bits per heavy atom. The molecular formula is C43H27N3O. The van der Waals surface area contributed by atoms with Gasteiger partial charge in [0.05, 0.1) is 37.0 Å². The molecule has 0 aliphatic heterocycles. The van der Waals surface area contributed by atoms with Crippen LogP contribution in [0.1, 0.15) is 37.0 Å². The predicted molar refractivity (Wildman–Crippen MR) is 192 cm³/mol. The molecule has 220 valence electrons. The lowest BCUT2D eigenvalue weighted by Crippen LogP contribution is -2.00. The fraction of sp³-hybridized carbons (Fsp3) is 0. The van der Waals surface area contributed by atoms with Gasteiger partial charge >= 0.3 is 0 Å². The van der Waals surface area contributed by atoms with Crippen molar-refractivity contribution in [2.45, 2.75) is 0 Å². The van der Waals surface area contributed by atoms with Crippen molar-refractivity contribution in [3.63, 3.8) is 0 Å². The third-order valence-corrected chi connectivity index (χ3v) is 6.88. The zero-order valence-electron chi connectivity index (χ0n) is 50.2. The number of benzene rings is 7. The standard InChI is InChI=1S/C43H27N3O/c1-3-12-28(13-4-1)32-26-27-33(35-17-8-7-16-34(32)35)29-22-24-31(25-23-29)42-44-41(30-14-5-2-6-15-30)45-43(46-42)37-19-11-21-39-40(37)36-18-9-10-20-38(36)47-39/h1-27H/i1D,2D,3D,4D,5D,6D,7D,8D,9D,10D,11D,12D,13D,14D,15D,16D,17D,18D,19D,20D,21D,22D,23D,24D,25D,26D,27D. The Kier molecular flexibility index (Phi) is 2.66. The number of rotatable bonds is 5. The summed E-state index contributed by atoms with van der Waals surface area (Å²) in [4.78, 5) is 13.0. The molecule has 0 N–H and O–H groups in total. The van der Waals surface area contributed by atoms with Gasteiger partial charge in [0.2, 0.25) is 0 Å². The molecule has 4 heteroatoms. The normalized spacial score (nSPS) is 19.4. The average molecular weight is 629 g/mol. The second-order valence-corrected chi connectivity index (χ2v) is 9.57. The van der Waals surface area contributed by atoms with Crippen LogP contribution in [0.2, 0.25) is 0 Å². The van der Waals surface area contributed by atoms with Gasteiger partial charge in [0, 0.05) is 27.5 Å². The second kappa shape index (κ2) is 11.2. The van der Waals surface area contributed by atoms with Gasteiger partial charge in [0.25, 0.3) is 0 Å². The van der Waals surface area contributed by atoms with E-state index in [1.807, 2.05) is 0 Å². The molecule has 2 aromatic heterocycles. The van der Waals surface area contributed by atoms with E-state index in [1.165, 1.54) is 0 Å². The lowest BCUT2D eigenvalue weighted by Gasteiger charge is -2.13. The molecular weight excluding hydrogens is 574 g/mol. The minimum Gasteiger partial charge on any atom is -0.456 e. The average Bonchev–Trinajstić information content (AvgIpc) is 3.77. The number of aromatic nitrogens is 3. The van der Waals surface area contributed by atoms with Gasteiger partial charge in [-0.05, 0) is 45.1 Å². The van der Waals surface area contributed by atoms with Crippen molar-refractivity contribution in [2.75, 3.05) is 0 Å². The molecule has 4 nitrogen and oxygen atoms in total. The molecule has 0 amide bonds. The first-order valence-electron chi connectivity index (χ1n) is 27.0. The number of para-hydroxylation sites is 1. The second-order valence-electron chi connectivity index (χ2n) is 9.57. The quantitative estimate of drug-likeness (QED) is 0.190. The zero-order chi connectivity index (χ0) is 54.7. The summed E-state index contributed by atoms with van der Waals surface area (Å²) in [5, 5.41) is -2.25. The van der Waals surface area contributed by atoms with Gasteiger partial charge in [-0.2, -0.15) is 0 Å². The van der Waals surface area contributed by atoms with Gasteiger partial charge in [-0.1, -0.05) is 151 Å². The van der Waals surface area contributed by atoms with Crippen molar-refractivity contribution in [1.82, 2.24) is 15.0 Å². The first-order valence-corrected chi connectivity index (χ1v) is 13.5. The molecule has 0 saturated heterocycles. The highest BCUT2D eigenvalue weighted by Gasteiger charge is 2.18. The predicted octanol–water partition coefficient (Wildman–Crippen LogP) is 11.3. The van der Waals surface area contributed by atoms with Gasteiger partial charge in [0.1, 0.15) is 11.2 Å². The Bertz CT molecular complexity index is 4030. The van der Waals surface area contributed by atoms with Gasteiger partial charge in [-0.3, -0.25) is 0 Å². The van der Waals surface area contributed by atoms with Gasteiger partial charge < -0.3 is 4.42 Å². The van der Waals surface area contributed by atoms with Crippen LogP contribution >= 0.6 is 0 Å². The summed E-state index contributed by atoms with van der Waals surface area (Å²) < 4.78 is 242. The van der Waals surface area contributed by atoms with Crippen molar-refractivity contribution in [1.29, 1.82) is 0 Å². The molecule has 0 bridgehead atoms. The minimum absolute atomic E-state index is 0.425. The number of nitrogens with zero attached hydrogens (tertiary/aromatic N) is 3. The molecule has 9 rings (SSSR count). The third kappa shape index (κ3) is 4.75. The first-order chi connectivity index (χ1) is 34.5. The molecule has 0 atom stereocenters. The summed E-state index contributed by atoms with van der Waals surface area (Å²) in [5.41, 5.74) is -6.37. The molecule has 0 saturated carbocycles. The minimum atomic E-state index is -1.09. The van der Waals surface area contributed by atoms with Crippen LogP contribution in [0.5, 0.6) is 0 Å². The SMILES string of the molecule is [2H]c1c([2H])c([2H])c(-c2nc(-c3c([2H])c([2H])c(-c4c([2H])c([2H])c(-c5c([2H])c([2H])c([2H])c([2H])c5[2H])c5c([2H])c([2H])c([2H])c([2H])c45)c([2H])c3[2H])nc(-c3c([2H])c([2H])c([2H])c4oc5c([2H])c([2H])c([2H])c([2H])c5c34)n2)c([2H])c1[2H]. The van der Waals surface area contributed by atoms with Crippen LogP contribution < -0.4 is 0 Å². The van der Waals surface area contributed by atoms with Crippen LogP contribution in [-0.4, -0.2) is 15.0 Å². The van der Waals surface area contributed by atoms with E-state index in [2.05, 4.69) is 15.0 Å². The van der Waals surface area contributed by atoms with E-state index >= 15 is 0 Å². The smallest absolute Gasteiger partial charge is 0.164 e. The first kappa shape index (κ1) is 11.1. The summed E-state index contributed by atoms with van der Waals surface area (Å²) >= 11 is 0. The summed E-state index contributed by atoms with van der Waals surface area (Å²) in [6, 6.07) is -24.5. The van der Waals surface area contributed by atoms with Crippen LogP contribution in [0.15, 0.2) is 168 Å². The van der Waals surface area contributed by atoms with Crippen molar-refractivity contribution >= 4 is 32.7 Å². The maximum absolute atomic E-state index is 9.40. The maximum atomic E-state index is 9.40. The molecule has 47 heavy (non-hydrogen) atoms. The molecule has 2 heterocycles. The van der Waals surface area contributed by atoms with E-state index in [-0.39, 0.29) is 0 Å². The van der Waals surface area contributed by atoms with Gasteiger partial charge in [-0.25, -0.2) is 15.0 Å². The molecule has 0 spiro atoms. The molecule has 0 fully saturated rings. The highest BCUT2D eigenvalue weighted by Crippen LogP contribution is 2.38. The zero-order valence-corrected chi connectivity index (χ0v) is 23.2. The molecule has 0 aliphatic carbocycles. The number of fused-ring (bicyclic) bond motifs is 4. The molecule has 0 radical (unpaired) electrons. The van der Waals surface area contributed by atoms with E-state index in [0.29, 0.717) is 0 Å².